The first-order valence-electron chi connectivity index (χ1n) is 8.58. The molecule has 0 fully saturated rings. The normalized spacial score (nSPS) is 10.6. The van der Waals surface area contributed by atoms with Gasteiger partial charge in [-0.15, -0.1) is 0 Å². The number of rotatable bonds is 6. The van der Waals surface area contributed by atoms with E-state index in [0.29, 0.717) is 5.56 Å². The molecule has 0 aliphatic heterocycles. The number of non-ortho nitro benzene ring substituents is 1. The fourth-order valence-corrected chi connectivity index (χ4v) is 2.38. The number of nitrogens with zero attached hydrogens (tertiary/aromatic N) is 2. The molecule has 1 amide bonds. The van der Waals surface area contributed by atoms with Crippen LogP contribution in [-0.2, 0) is 0 Å². The lowest BCUT2D eigenvalue weighted by atomic mass is 10.2. The molecule has 0 aromatic heterocycles. The minimum atomic E-state index is -0.815. The monoisotopic (exact) mass is 407 g/mol. The van der Waals surface area contributed by atoms with Crippen molar-refractivity contribution in [2.24, 2.45) is 5.10 Å². The van der Waals surface area contributed by atoms with Gasteiger partial charge in [0.2, 0.25) is 0 Å². The number of nitro benzene ring substituents is 1. The van der Waals surface area contributed by atoms with Crippen LogP contribution in [0.15, 0.2) is 77.9 Å². The van der Waals surface area contributed by atoms with Gasteiger partial charge in [-0.05, 0) is 54.1 Å². The molecule has 0 saturated carbocycles. The molecule has 3 aromatic rings. The van der Waals surface area contributed by atoms with E-state index in [1.807, 2.05) is 0 Å². The number of benzene rings is 3. The van der Waals surface area contributed by atoms with Crippen molar-refractivity contribution in [3.8, 4) is 5.75 Å². The minimum Gasteiger partial charge on any atom is -0.423 e. The van der Waals surface area contributed by atoms with E-state index in [-0.39, 0.29) is 22.6 Å². The van der Waals surface area contributed by atoms with Gasteiger partial charge in [0.1, 0.15) is 11.6 Å². The van der Waals surface area contributed by atoms with Crippen LogP contribution < -0.4 is 10.2 Å². The highest BCUT2D eigenvalue weighted by Crippen LogP contribution is 2.15. The van der Waals surface area contributed by atoms with Gasteiger partial charge in [-0.1, -0.05) is 12.1 Å². The van der Waals surface area contributed by atoms with Gasteiger partial charge in [0.05, 0.1) is 16.7 Å². The lowest BCUT2D eigenvalue weighted by Gasteiger charge is -2.05. The van der Waals surface area contributed by atoms with Crippen molar-refractivity contribution < 1.29 is 23.6 Å². The molecule has 0 radical (unpaired) electrons. The molecule has 150 valence electrons. The molecule has 0 saturated heterocycles. The lowest BCUT2D eigenvalue weighted by Crippen LogP contribution is -2.17. The Morgan fingerprint density at radius 3 is 2.30 bits per heavy atom. The van der Waals surface area contributed by atoms with Crippen molar-refractivity contribution >= 4 is 23.8 Å². The number of carbonyl (C=O) groups is 2. The van der Waals surface area contributed by atoms with Crippen molar-refractivity contribution in [1.82, 2.24) is 5.43 Å². The molecule has 0 spiro atoms. The van der Waals surface area contributed by atoms with Crippen molar-refractivity contribution in [3.63, 3.8) is 0 Å². The lowest BCUT2D eigenvalue weighted by molar-refractivity contribution is -0.384. The number of hydrogen-bond acceptors (Lipinski definition) is 6. The van der Waals surface area contributed by atoms with E-state index < -0.39 is 22.6 Å². The van der Waals surface area contributed by atoms with Crippen LogP contribution >= 0.6 is 0 Å². The van der Waals surface area contributed by atoms with E-state index in [2.05, 4.69) is 10.5 Å². The maximum atomic E-state index is 13.6. The van der Waals surface area contributed by atoms with Crippen LogP contribution in [0.2, 0.25) is 0 Å². The third-order valence-electron chi connectivity index (χ3n) is 3.90. The smallest absolute Gasteiger partial charge is 0.346 e. The molecule has 3 rings (SSSR count). The molecule has 0 unspecified atom stereocenters. The quantitative estimate of drug-likeness (QED) is 0.220. The summed E-state index contributed by atoms with van der Waals surface area (Å²) >= 11 is 0. The molecule has 3 aromatic carbocycles. The maximum absolute atomic E-state index is 13.6. The number of amides is 1. The Balaban J connectivity index is 1.56. The van der Waals surface area contributed by atoms with Gasteiger partial charge in [0, 0.05) is 17.7 Å². The van der Waals surface area contributed by atoms with Gasteiger partial charge < -0.3 is 4.74 Å². The molecule has 0 aliphatic carbocycles. The van der Waals surface area contributed by atoms with Crippen molar-refractivity contribution in [3.05, 3.63) is 105 Å². The third-order valence-corrected chi connectivity index (χ3v) is 3.90. The molecule has 8 nitrogen and oxygen atoms in total. The van der Waals surface area contributed by atoms with Crippen LogP contribution in [0.25, 0.3) is 0 Å². The van der Waals surface area contributed by atoms with Crippen LogP contribution in [0.4, 0.5) is 10.1 Å². The Morgan fingerprint density at radius 1 is 1.00 bits per heavy atom. The predicted molar refractivity (Wildman–Crippen MR) is 106 cm³/mol. The number of halogens is 1. The zero-order chi connectivity index (χ0) is 21.5. The van der Waals surface area contributed by atoms with Crippen molar-refractivity contribution in [1.29, 1.82) is 0 Å². The summed E-state index contributed by atoms with van der Waals surface area (Å²) in [4.78, 5) is 34.0. The Labute approximate surface area is 169 Å². The largest absolute Gasteiger partial charge is 0.423 e. The van der Waals surface area contributed by atoms with Gasteiger partial charge in [-0.25, -0.2) is 14.6 Å². The van der Waals surface area contributed by atoms with E-state index in [0.717, 1.165) is 0 Å². The average Bonchev–Trinajstić information content (AvgIpc) is 2.75. The highest BCUT2D eigenvalue weighted by atomic mass is 19.1. The fraction of sp³-hybridized carbons (Fsp3) is 0. The molecule has 30 heavy (non-hydrogen) atoms. The first-order valence-corrected chi connectivity index (χ1v) is 8.58. The number of hydrogen-bond donors (Lipinski definition) is 1. The van der Waals surface area contributed by atoms with Gasteiger partial charge in [0.25, 0.3) is 11.6 Å². The Hall–Kier alpha value is -4.40. The zero-order valence-corrected chi connectivity index (χ0v) is 15.3. The summed E-state index contributed by atoms with van der Waals surface area (Å²) in [6, 6.07) is 16.8. The number of carbonyl (C=O) groups excluding carboxylic acids is 2. The second kappa shape index (κ2) is 9.20. The summed E-state index contributed by atoms with van der Waals surface area (Å²) in [5.41, 5.74) is 2.83. The summed E-state index contributed by atoms with van der Waals surface area (Å²) in [7, 11) is 0. The molecule has 1 N–H and O–H groups in total. The van der Waals surface area contributed by atoms with Crippen LogP contribution in [0.5, 0.6) is 5.75 Å². The minimum absolute atomic E-state index is 0.120. The van der Waals surface area contributed by atoms with E-state index in [1.54, 1.807) is 12.1 Å². The van der Waals surface area contributed by atoms with Crippen LogP contribution in [0.3, 0.4) is 0 Å². The Bertz CT molecular complexity index is 1110. The van der Waals surface area contributed by atoms with Gasteiger partial charge in [-0.2, -0.15) is 5.10 Å². The molecule has 9 heteroatoms. The number of esters is 1. The second-order valence-electron chi connectivity index (χ2n) is 5.94. The fourth-order valence-electron chi connectivity index (χ4n) is 2.38. The van der Waals surface area contributed by atoms with E-state index in [9.17, 15) is 24.1 Å². The second-order valence-corrected chi connectivity index (χ2v) is 5.94. The van der Waals surface area contributed by atoms with E-state index in [1.165, 1.54) is 66.9 Å². The highest BCUT2D eigenvalue weighted by molar-refractivity contribution is 5.95. The molecule has 0 aliphatic rings. The molecule has 0 heterocycles. The van der Waals surface area contributed by atoms with Gasteiger partial charge in [-0.3, -0.25) is 14.9 Å². The molecular formula is C21H14FN3O5. The molecule has 0 atom stereocenters. The summed E-state index contributed by atoms with van der Waals surface area (Å²) in [6.07, 6.45) is 1.37. The summed E-state index contributed by atoms with van der Waals surface area (Å²) in [5.74, 6) is -1.80. The van der Waals surface area contributed by atoms with Gasteiger partial charge in [0.15, 0.2) is 0 Å². The van der Waals surface area contributed by atoms with Crippen molar-refractivity contribution in [2.45, 2.75) is 0 Å². The topological polar surface area (TPSA) is 111 Å². The summed E-state index contributed by atoms with van der Waals surface area (Å²) in [5, 5.41) is 14.4. The SMILES string of the molecule is O=C(N/N=C\c1ccc(OC(=O)c2ccccc2F)cc1)c1ccc([N+](=O)[O-])cc1. The number of nitrogens with one attached hydrogen (secondary N) is 1. The van der Waals surface area contributed by atoms with Gasteiger partial charge >= 0.3 is 5.97 Å². The number of ether oxygens (including phenoxy) is 1. The van der Waals surface area contributed by atoms with Crippen molar-refractivity contribution in [2.75, 3.05) is 0 Å². The van der Waals surface area contributed by atoms with Crippen LogP contribution in [-0.4, -0.2) is 23.0 Å². The van der Waals surface area contributed by atoms with E-state index >= 15 is 0 Å². The Morgan fingerprint density at radius 2 is 1.67 bits per heavy atom. The first kappa shape index (κ1) is 20.3. The summed E-state index contributed by atoms with van der Waals surface area (Å²) < 4.78 is 18.7. The molecular weight excluding hydrogens is 393 g/mol. The highest BCUT2D eigenvalue weighted by Gasteiger charge is 2.13. The average molecular weight is 407 g/mol. The standard InChI is InChI=1S/C21H14FN3O5/c22-19-4-2-1-3-18(19)21(27)30-17-11-5-14(6-12-17)13-23-24-20(26)15-7-9-16(10-8-15)25(28)29/h1-13H,(H,24,26)/b23-13-. The zero-order valence-electron chi connectivity index (χ0n) is 15.3. The Kier molecular flexibility index (Phi) is 6.23. The maximum Gasteiger partial charge on any atom is 0.346 e. The third kappa shape index (κ3) is 5.10. The first-order chi connectivity index (χ1) is 14.4. The molecule has 0 bridgehead atoms. The predicted octanol–water partition coefficient (Wildman–Crippen LogP) is 3.72. The van der Waals surface area contributed by atoms with Crippen LogP contribution in [0.1, 0.15) is 26.3 Å². The van der Waals surface area contributed by atoms with Crippen LogP contribution in [0, 0.1) is 15.9 Å². The number of nitro groups is 1. The number of hydrazone groups is 1. The summed E-state index contributed by atoms with van der Waals surface area (Å²) in [6.45, 7) is 0. The van der Waals surface area contributed by atoms with E-state index in [4.69, 9.17) is 4.74 Å².